The molecule has 0 radical (unpaired) electrons. The van der Waals surface area contributed by atoms with Crippen LogP contribution in [0.5, 0.6) is 5.75 Å². The molecule has 0 amide bonds. The third kappa shape index (κ3) is 2.68. The zero-order valence-electron chi connectivity index (χ0n) is 14.1. The molecule has 1 aromatic carbocycles. The van der Waals surface area contributed by atoms with E-state index < -0.39 is 5.79 Å². The van der Waals surface area contributed by atoms with Gasteiger partial charge >= 0.3 is 0 Å². The molecule has 1 heterocycles. The number of carbonyl (C=O) groups is 1. The molecule has 4 nitrogen and oxygen atoms in total. The Morgan fingerprint density at radius 3 is 2.62 bits per heavy atom. The van der Waals surface area contributed by atoms with Gasteiger partial charge in [-0.15, -0.1) is 0 Å². The fourth-order valence-electron chi connectivity index (χ4n) is 4.54. The summed E-state index contributed by atoms with van der Waals surface area (Å²) in [6.45, 7) is 1.32. The number of Topliss-reactive ketones (excluding diaryl/α,β-unsaturated/α-hetero) is 1. The summed E-state index contributed by atoms with van der Waals surface area (Å²) in [5.74, 6) is 0.908. The zero-order chi connectivity index (χ0) is 16.6. The highest BCUT2D eigenvalue weighted by atomic mass is 16.7. The second-order valence-corrected chi connectivity index (χ2v) is 6.96. The van der Waals surface area contributed by atoms with Crippen LogP contribution in [0.2, 0.25) is 0 Å². The third-order valence-corrected chi connectivity index (χ3v) is 5.70. The van der Waals surface area contributed by atoms with Crippen LogP contribution in [-0.2, 0) is 14.3 Å². The van der Waals surface area contributed by atoms with Crippen LogP contribution in [0.3, 0.4) is 0 Å². The van der Waals surface area contributed by atoms with Crippen LogP contribution in [0.15, 0.2) is 29.8 Å². The molecular weight excluding hydrogens is 304 g/mol. The molecule has 0 N–H and O–H groups in total. The number of methoxy groups -OCH3 is 1. The highest BCUT2D eigenvalue weighted by Gasteiger charge is 2.53. The Balaban J connectivity index is 1.56. The molecule has 1 aromatic rings. The average molecular weight is 328 g/mol. The van der Waals surface area contributed by atoms with Crippen molar-refractivity contribution in [2.75, 3.05) is 20.3 Å². The van der Waals surface area contributed by atoms with Crippen LogP contribution >= 0.6 is 0 Å². The van der Waals surface area contributed by atoms with Gasteiger partial charge in [-0.05, 0) is 55.0 Å². The lowest BCUT2D eigenvalue weighted by atomic mass is 9.65. The molecule has 4 heteroatoms. The van der Waals surface area contributed by atoms with Crippen molar-refractivity contribution < 1.29 is 19.0 Å². The number of allylic oxidation sites excluding steroid dienone is 1. The summed E-state index contributed by atoms with van der Waals surface area (Å²) in [4.78, 5) is 13.0. The molecule has 0 bridgehead atoms. The maximum atomic E-state index is 13.0. The Hall–Kier alpha value is -1.65. The first-order valence-corrected chi connectivity index (χ1v) is 8.89. The van der Waals surface area contributed by atoms with Gasteiger partial charge in [-0.2, -0.15) is 0 Å². The fraction of sp³-hybridized carbons (Fsp3) is 0.550. The molecule has 2 saturated carbocycles. The maximum absolute atomic E-state index is 13.0. The van der Waals surface area contributed by atoms with Crippen molar-refractivity contribution in [1.29, 1.82) is 0 Å². The summed E-state index contributed by atoms with van der Waals surface area (Å²) in [7, 11) is 1.66. The monoisotopic (exact) mass is 328 g/mol. The van der Waals surface area contributed by atoms with Gasteiger partial charge in [-0.3, -0.25) is 4.79 Å². The van der Waals surface area contributed by atoms with Crippen molar-refractivity contribution >= 4 is 11.9 Å². The van der Waals surface area contributed by atoms with Crippen molar-refractivity contribution in [3.8, 4) is 5.75 Å². The van der Waals surface area contributed by atoms with Crippen LogP contribution in [0.25, 0.3) is 6.08 Å². The number of hydrogen-bond donors (Lipinski definition) is 0. The lowest BCUT2D eigenvalue weighted by molar-refractivity contribution is -0.227. The van der Waals surface area contributed by atoms with Gasteiger partial charge in [0.25, 0.3) is 0 Å². The Morgan fingerprint density at radius 1 is 1.17 bits per heavy atom. The van der Waals surface area contributed by atoms with Crippen molar-refractivity contribution in [2.24, 2.45) is 11.8 Å². The summed E-state index contributed by atoms with van der Waals surface area (Å²) in [6.07, 6.45) is 6.70. The summed E-state index contributed by atoms with van der Waals surface area (Å²) in [5, 5.41) is 0. The second-order valence-electron chi connectivity index (χ2n) is 6.96. The Kier molecular flexibility index (Phi) is 4.19. The van der Waals surface area contributed by atoms with E-state index in [2.05, 4.69) is 0 Å². The molecule has 0 unspecified atom stereocenters. The average Bonchev–Trinajstić information content (AvgIpc) is 3.08. The number of benzene rings is 1. The van der Waals surface area contributed by atoms with Crippen LogP contribution in [0.4, 0.5) is 0 Å². The molecule has 0 aromatic heterocycles. The summed E-state index contributed by atoms with van der Waals surface area (Å²) < 4.78 is 17.1. The second kappa shape index (κ2) is 6.34. The first-order valence-electron chi connectivity index (χ1n) is 8.89. The van der Waals surface area contributed by atoms with Crippen LogP contribution in [0.1, 0.15) is 37.7 Å². The van der Waals surface area contributed by atoms with Gasteiger partial charge in [-0.25, -0.2) is 0 Å². The molecule has 2 atom stereocenters. The van der Waals surface area contributed by atoms with E-state index in [9.17, 15) is 4.79 Å². The third-order valence-electron chi connectivity index (χ3n) is 5.70. The smallest absolute Gasteiger partial charge is 0.171 e. The highest BCUT2D eigenvalue weighted by molar-refractivity contribution is 6.02. The van der Waals surface area contributed by atoms with E-state index >= 15 is 0 Å². The number of ketones is 1. The van der Waals surface area contributed by atoms with Crippen LogP contribution in [0, 0.1) is 11.8 Å². The molecule has 1 spiro atoms. The summed E-state index contributed by atoms with van der Waals surface area (Å²) in [6, 6.07) is 7.85. The van der Waals surface area contributed by atoms with Gasteiger partial charge in [-0.1, -0.05) is 12.1 Å². The quantitative estimate of drug-likeness (QED) is 0.778. The number of hydrogen-bond acceptors (Lipinski definition) is 4. The Labute approximate surface area is 142 Å². The van der Waals surface area contributed by atoms with Gasteiger partial charge in [0.05, 0.1) is 20.3 Å². The molecule has 4 rings (SSSR count). The lowest BCUT2D eigenvalue weighted by Crippen LogP contribution is -2.50. The minimum atomic E-state index is -0.482. The maximum Gasteiger partial charge on any atom is 0.171 e. The van der Waals surface area contributed by atoms with Gasteiger partial charge < -0.3 is 14.2 Å². The minimum absolute atomic E-state index is 0.0510. The highest BCUT2D eigenvalue weighted by Crippen LogP contribution is 2.49. The molecule has 3 aliphatic rings. The first-order chi connectivity index (χ1) is 11.7. The van der Waals surface area contributed by atoms with Crippen molar-refractivity contribution in [3.05, 3.63) is 35.4 Å². The number of rotatable bonds is 2. The molecular formula is C20H24O4. The first kappa shape index (κ1) is 15.9. The van der Waals surface area contributed by atoms with Gasteiger partial charge in [0.1, 0.15) is 5.75 Å². The van der Waals surface area contributed by atoms with Crippen molar-refractivity contribution in [3.63, 3.8) is 0 Å². The van der Waals surface area contributed by atoms with E-state index in [0.29, 0.717) is 19.0 Å². The molecule has 1 aliphatic heterocycles. The van der Waals surface area contributed by atoms with E-state index in [1.807, 2.05) is 30.3 Å². The zero-order valence-corrected chi connectivity index (χ0v) is 14.1. The predicted octanol–water partition coefficient (Wildman–Crippen LogP) is 3.60. The summed E-state index contributed by atoms with van der Waals surface area (Å²) in [5.41, 5.74) is 1.99. The number of ether oxygens (including phenoxy) is 3. The normalized spacial score (nSPS) is 30.5. The van der Waals surface area contributed by atoms with Gasteiger partial charge in [0.15, 0.2) is 11.6 Å². The van der Waals surface area contributed by atoms with E-state index in [1.54, 1.807) is 7.11 Å². The van der Waals surface area contributed by atoms with Crippen LogP contribution in [-0.4, -0.2) is 31.9 Å². The van der Waals surface area contributed by atoms with E-state index in [4.69, 9.17) is 14.2 Å². The molecule has 128 valence electrons. The minimum Gasteiger partial charge on any atom is -0.497 e. The van der Waals surface area contributed by atoms with Crippen molar-refractivity contribution in [2.45, 2.75) is 37.9 Å². The number of fused-ring (bicyclic) bond motifs is 2. The van der Waals surface area contributed by atoms with Gasteiger partial charge in [0.2, 0.25) is 0 Å². The molecule has 1 saturated heterocycles. The summed E-state index contributed by atoms with van der Waals surface area (Å²) >= 11 is 0. The largest absolute Gasteiger partial charge is 0.497 e. The Bertz CT molecular complexity index is 640. The fourth-order valence-corrected chi connectivity index (χ4v) is 4.54. The number of carbonyl (C=O) groups excluding carboxylic acids is 1. The van der Waals surface area contributed by atoms with Gasteiger partial charge in [0, 0.05) is 18.3 Å². The standard InChI is InChI=1S/C20H24O4/c1-22-16-7-4-14(5-8-16)13-15-6-9-18-17(19(15)21)3-2-10-20(18)23-11-12-24-20/h4-5,7-8,13,17-18H,2-3,6,9-12H2,1H3/b15-13-/t17-,18-/m0/s1. The van der Waals surface area contributed by atoms with Crippen LogP contribution < -0.4 is 4.74 Å². The van der Waals surface area contributed by atoms with E-state index in [0.717, 1.165) is 49.0 Å². The molecule has 24 heavy (non-hydrogen) atoms. The topological polar surface area (TPSA) is 44.8 Å². The van der Waals surface area contributed by atoms with E-state index in [1.165, 1.54) is 0 Å². The van der Waals surface area contributed by atoms with E-state index in [-0.39, 0.29) is 11.8 Å². The Morgan fingerprint density at radius 2 is 1.92 bits per heavy atom. The molecule has 2 aliphatic carbocycles. The lowest BCUT2D eigenvalue weighted by Gasteiger charge is -2.46. The molecule has 3 fully saturated rings. The predicted molar refractivity (Wildman–Crippen MR) is 90.7 cm³/mol. The SMILES string of the molecule is COc1ccc(/C=C2/CC[C@H]3[C@H](CCCC34OCCO4)C2=O)cc1. The van der Waals surface area contributed by atoms with Crippen molar-refractivity contribution in [1.82, 2.24) is 0 Å².